The highest BCUT2D eigenvalue weighted by Gasteiger charge is 1.97. The summed E-state index contributed by atoms with van der Waals surface area (Å²) < 4.78 is 0. The zero-order chi connectivity index (χ0) is 12.8. The van der Waals surface area contributed by atoms with Crippen molar-refractivity contribution in [2.24, 2.45) is 0 Å². The maximum absolute atomic E-state index is 8.61. The van der Waals surface area contributed by atoms with Gasteiger partial charge in [0.25, 0.3) is 0 Å². The number of aryl methyl sites for hydroxylation is 1. The fourth-order valence-corrected chi connectivity index (χ4v) is 1.56. The summed E-state index contributed by atoms with van der Waals surface area (Å²) >= 11 is 0. The van der Waals surface area contributed by atoms with Crippen molar-refractivity contribution in [1.82, 2.24) is 9.97 Å². The minimum atomic E-state index is 0.327. The van der Waals surface area contributed by atoms with Crippen LogP contribution in [0.15, 0.2) is 36.7 Å². The molecule has 0 saturated carbocycles. The Morgan fingerprint density at radius 1 is 1.11 bits per heavy atom. The monoisotopic (exact) mass is 238 g/mol. The van der Waals surface area contributed by atoms with Gasteiger partial charge in [0.05, 0.1) is 12.4 Å². The number of hydrogen-bond donors (Lipinski definition) is 1. The van der Waals surface area contributed by atoms with Gasteiger partial charge in [0.1, 0.15) is 11.9 Å². The fraction of sp³-hybridized carbons (Fsp3) is 0.214. The molecule has 90 valence electrons. The number of anilines is 1. The van der Waals surface area contributed by atoms with Gasteiger partial charge in [-0.15, -0.1) is 0 Å². The second kappa shape index (κ2) is 5.78. The SMILES string of the molecule is CCc1ccc(CNc2cnc(C#N)cn2)cc1. The minimum absolute atomic E-state index is 0.327. The largest absolute Gasteiger partial charge is 0.365 e. The van der Waals surface area contributed by atoms with Crippen LogP contribution in [-0.4, -0.2) is 9.97 Å². The highest BCUT2D eigenvalue weighted by Crippen LogP contribution is 2.07. The van der Waals surface area contributed by atoms with Crippen LogP contribution in [0.25, 0.3) is 0 Å². The average molecular weight is 238 g/mol. The maximum atomic E-state index is 8.61. The topological polar surface area (TPSA) is 61.6 Å². The zero-order valence-electron chi connectivity index (χ0n) is 10.2. The lowest BCUT2D eigenvalue weighted by Gasteiger charge is -2.05. The molecule has 4 nitrogen and oxygen atoms in total. The second-order valence-corrected chi connectivity index (χ2v) is 3.92. The Labute approximate surface area is 106 Å². The summed E-state index contributed by atoms with van der Waals surface area (Å²) in [5.74, 6) is 0.675. The third-order valence-electron chi connectivity index (χ3n) is 2.67. The summed E-state index contributed by atoms with van der Waals surface area (Å²) in [7, 11) is 0. The third kappa shape index (κ3) is 3.05. The molecule has 1 aromatic heterocycles. The van der Waals surface area contributed by atoms with Gasteiger partial charge in [-0.05, 0) is 17.5 Å². The van der Waals surface area contributed by atoms with Crippen LogP contribution >= 0.6 is 0 Å². The van der Waals surface area contributed by atoms with E-state index in [4.69, 9.17) is 5.26 Å². The highest BCUT2D eigenvalue weighted by atomic mass is 15.0. The van der Waals surface area contributed by atoms with Crippen molar-refractivity contribution in [3.05, 3.63) is 53.5 Å². The third-order valence-corrected chi connectivity index (χ3v) is 2.67. The first-order chi connectivity index (χ1) is 8.81. The molecule has 0 aliphatic carbocycles. The van der Waals surface area contributed by atoms with Crippen molar-refractivity contribution >= 4 is 5.82 Å². The molecule has 1 N–H and O–H groups in total. The smallest absolute Gasteiger partial charge is 0.158 e. The van der Waals surface area contributed by atoms with E-state index in [0.29, 0.717) is 18.1 Å². The molecule has 1 aromatic carbocycles. The lowest BCUT2D eigenvalue weighted by Crippen LogP contribution is -2.02. The Balaban J connectivity index is 1.95. The minimum Gasteiger partial charge on any atom is -0.365 e. The Kier molecular flexibility index (Phi) is 3.87. The number of rotatable bonds is 4. The molecule has 1 heterocycles. The van der Waals surface area contributed by atoms with Gasteiger partial charge in [0.15, 0.2) is 5.69 Å². The van der Waals surface area contributed by atoms with E-state index in [1.807, 2.05) is 6.07 Å². The molecule has 18 heavy (non-hydrogen) atoms. The standard InChI is InChI=1S/C14H14N4/c1-2-11-3-5-12(6-4-11)8-17-14-10-16-13(7-15)9-18-14/h3-6,9-10H,2,8H2,1H3,(H,17,18). The van der Waals surface area contributed by atoms with E-state index in [2.05, 4.69) is 46.5 Å². The van der Waals surface area contributed by atoms with Gasteiger partial charge in [0.2, 0.25) is 0 Å². The molecule has 0 bridgehead atoms. The Bertz CT molecular complexity index is 538. The second-order valence-electron chi connectivity index (χ2n) is 3.92. The molecule has 0 spiro atoms. The predicted molar refractivity (Wildman–Crippen MR) is 69.9 cm³/mol. The van der Waals surface area contributed by atoms with Crippen molar-refractivity contribution in [3.8, 4) is 6.07 Å². The summed E-state index contributed by atoms with van der Waals surface area (Å²) in [5, 5.41) is 11.8. The van der Waals surface area contributed by atoms with E-state index < -0.39 is 0 Å². The zero-order valence-corrected chi connectivity index (χ0v) is 10.2. The van der Waals surface area contributed by atoms with Gasteiger partial charge >= 0.3 is 0 Å². The van der Waals surface area contributed by atoms with Crippen LogP contribution < -0.4 is 5.32 Å². The molecule has 0 aliphatic rings. The van der Waals surface area contributed by atoms with Gasteiger partial charge < -0.3 is 5.32 Å². The normalized spacial score (nSPS) is 9.78. The van der Waals surface area contributed by atoms with Crippen LogP contribution in [0.1, 0.15) is 23.7 Å². The molecule has 0 saturated heterocycles. The Morgan fingerprint density at radius 3 is 2.39 bits per heavy atom. The molecule has 4 heteroatoms. The van der Waals surface area contributed by atoms with Crippen molar-refractivity contribution < 1.29 is 0 Å². The van der Waals surface area contributed by atoms with E-state index in [1.54, 1.807) is 6.20 Å². The number of aromatic nitrogens is 2. The molecule has 0 fully saturated rings. The van der Waals surface area contributed by atoms with E-state index in [-0.39, 0.29) is 0 Å². The molecular formula is C14H14N4. The lowest BCUT2D eigenvalue weighted by atomic mass is 10.1. The quantitative estimate of drug-likeness (QED) is 0.889. The van der Waals surface area contributed by atoms with Gasteiger partial charge in [-0.1, -0.05) is 31.2 Å². The highest BCUT2D eigenvalue weighted by molar-refractivity contribution is 5.35. The van der Waals surface area contributed by atoms with Gasteiger partial charge in [-0.3, -0.25) is 0 Å². The van der Waals surface area contributed by atoms with Crippen LogP contribution in [0.4, 0.5) is 5.82 Å². The number of benzene rings is 1. The summed E-state index contributed by atoms with van der Waals surface area (Å²) in [6.45, 7) is 2.84. The number of hydrogen-bond acceptors (Lipinski definition) is 4. The first-order valence-corrected chi connectivity index (χ1v) is 5.85. The molecule has 0 amide bonds. The van der Waals surface area contributed by atoms with Gasteiger partial charge in [-0.25, -0.2) is 9.97 Å². The number of nitrogens with zero attached hydrogens (tertiary/aromatic N) is 3. The van der Waals surface area contributed by atoms with Gasteiger partial charge in [-0.2, -0.15) is 5.26 Å². The van der Waals surface area contributed by atoms with Crippen LogP contribution in [0, 0.1) is 11.3 Å². The molecular weight excluding hydrogens is 224 g/mol. The molecule has 2 aromatic rings. The van der Waals surface area contributed by atoms with E-state index in [0.717, 1.165) is 6.42 Å². The van der Waals surface area contributed by atoms with Crippen molar-refractivity contribution in [1.29, 1.82) is 5.26 Å². The fourth-order valence-electron chi connectivity index (χ4n) is 1.56. The summed E-state index contributed by atoms with van der Waals surface area (Å²) in [6.07, 6.45) is 4.08. The summed E-state index contributed by atoms with van der Waals surface area (Å²) in [4.78, 5) is 8.05. The van der Waals surface area contributed by atoms with Crippen LogP contribution in [0.2, 0.25) is 0 Å². The van der Waals surface area contributed by atoms with E-state index in [1.165, 1.54) is 17.3 Å². The first kappa shape index (κ1) is 12.1. The lowest BCUT2D eigenvalue weighted by molar-refractivity contribution is 1.07. The Morgan fingerprint density at radius 2 is 1.83 bits per heavy atom. The summed E-state index contributed by atoms with van der Waals surface area (Å²) in [5.41, 5.74) is 2.85. The van der Waals surface area contributed by atoms with Crippen LogP contribution in [0.3, 0.4) is 0 Å². The van der Waals surface area contributed by atoms with Gasteiger partial charge in [0, 0.05) is 6.54 Å². The molecule has 0 radical (unpaired) electrons. The number of nitriles is 1. The molecule has 2 rings (SSSR count). The Hall–Kier alpha value is -2.41. The number of nitrogens with one attached hydrogen (secondary N) is 1. The average Bonchev–Trinajstić information content (AvgIpc) is 2.46. The summed E-state index contributed by atoms with van der Waals surface area (Å²) in [6, 6.07) is 10.4. The maximum Gasteiger partial charge on any atom is 0.158 e. The van der Waals surface area contributed by atoms with E-state index in [9.17, 15) is 0 Å². The molecule has 0 unspecified atom stereocenters. The predicted octanol–water partition coefficient (Wildman–Crippen LogP) is 2.52. The van der Waals surface area contributed by atoms with Crippen molar-refractivity contribution in [3.63, 3.8) is 0 Å². The molecule has 0 aliphatic heterocycles. The van der Waals surface area contributed by atoms with E-state index >= 15 is 0 Å². The van der Waals surface area contributed by atoms with Crippen LogP contribution in [-0.2, 0) is 13.0 Å². The van der Waals surface area contributed by atoms with Crippen molar-refractivity contribution in [2.45, 2.75) is 19.9 Å². The van der Waals surface area contributed by atoms with Crippen LogP contribution in [0.5, 0.6) is 0 Å². The molecule has 0 atom stereocenters. The first-order valence-electron chi connectivity index (χ1n) is 5.85. The van der Waals surface area contributed by atoms with Crippen molar-refractivity contribution in [2.75, 3.05) is 5.32 Å².